The minimum absolute atomic E-state index is 0. The van der Waals surface area contributed by atoms with Crippen molar-refractivity contribution in [1.82, 2.24) is 0 Å². The van der Waals surface area contributed by atoms with Crippen LogP contribution in [-0.4, -0.2) is 91.7 Å². The molecule has 0 saturated carbocycles. The molecule has 204 valence electrons. The van der Waals surface area contributed by atoms with Gasteiger partial charge in [-0.05, 0) is 51.4 Å². The summed E-state index contributed by atoms with van der Waals surface area (Å²) in [6.07, 6.45) is 8.11. The van der Waals surface area contributed by atoms with Gasteiger partial charge < -0.3 is 40.9 Å². The average molecular weight is 521 g/mol. The molecule has 0 aliphatic heterocycles. The van der Waals surface area contributed by atoms with E-state index < -0.39 is 0 Å². The fourth-order valence-electron chi connectivity index (χ4n) is 2.51. The van der Waals surface area contributed by atoms with E-state index in [-0.39, 0.29) is 72.6 Å². The van der Waals surface area contributed by atoms with Crippen LogP contribution in [0.3, 0.4) is 0 Å². The van der Waals surface area contributed by atoms with Gasteiger partial charge in [-0.3, -0.25) is 0 Å². The Bertz CT molecular complexity index is 222. The normalized spacial score (nSPS) is 13.5. The van der Waals surface area contributed by atoms with Crippen LogP contribution in [0.4, 0.5) is 0 Å². The molecule has 0 heterocycles. The summed E-state index contributed by atoms with van der Waals surface area (Å²) >= 11 is 0. The topological polar surface area (TPSA) is 162 Å². The summed E-state index contributed by atoms with van der Waals surface area (Å²) in [6, 6.07) is 0. The molecule has 4 atom stereocenters. The van der Waals surface area contributed by atoms with Gasteiger partial charge in [0.2, 0.25) is 0 Å². The van der Waals surface area contributed by atoms with Crippen molar-refractivity contribution in [3.8, 4) is 0 Å². The molecule has 0 aromatic heterocycles. The number of hydrogen-bond donors (Lipinski definition) is 8. The van der Waals surface area contributed by atoms with Gasteiger partial charge in [0.25, 0.3) is 0 Å². The van der Waals surface area contributed by atoms with Gasteiger partial charge in [-0.25, -0.2) is 0 Å². The van der Waals surface area contributed by atoms with E-state index in [4.69, 9.17) is 40.9 Å². The third-order valence-electron chi connectivity index (χ3n) is 4.34. The monoisotopic (exact) mass is 520 g/mol. The van der Waals surface area contributed by atoms with Crippen molar-refractivity contribution in [2.45, 2.75) is 129 Å². The quantitative estimate of drug-likeness (QED) is 0.144. The van der Waals surface area contributed by atoms with E-state index >= 15 is 0 Å². The maximum absolute atomic E-state index is 8.89. The van der Waals surface area contributed by atoms with Crippen LogP contribution < -0.4 is 0 Å². The number of aliphatic hydroxyl groups excluding tert-OH is 8. The fourth-order valence-corrected chi connectivity index (χ4v) is 2.51. The molecule has 0 amide bonds. The van der Waals surface area contributed by atoms with Crippen molar-refractivity contribution in [2.75, 3.05) is 26.4 Å². The molecule has 8 nitrogen and oxygen atoms in total. The van der Waals surface area contributed by atoms with Gasteiger partial charge in [-0.15, -0.1) is 0 Å². The van der Waals surface area contributed by atoms with E-state index in [9.17, 15) is 0 Å². The summed E-state index contributed by atoms with van der Waals surface area (Å²) < 4.78 is 0. The Labute approximate surface area is 218 Å². The Morgan fingerprint density at radius 3 is 0.606 bits per heavy atom. The van der Waals surface area contributed by atoms with Gasteiger partial charge in [0.15, 0.2) is 0 Å². The minimum Gasteiger partial charge on any atom is -0.396 e. The zero-order valence-corrected chi connectivity index (χ0v) is 23.3. The molecule has 33 heavy (non-hydrogen) atoms. The summed E-state index contributed by atoms with van der Waals surface area (Å²) in [6.45, 7) is 8.45. The van der Waals surface area contributed by atoms with Crippen molar-refractivity contribution in [2.24, 2.45) is 0 Å². The molecule has 0 radical (unpaired) electrons. The molecule has 0 aromatic carbocycles. The molecule has 0 fully saturated rings. The van der Waals surface area contributed by atoms with Crippen molar-refractivity contribution in [3.63, 3.8) is 0 Å². The summed E-state index contributed by atoms with van der Waals surface area (Å²) in [5, 5.41) is 68.8. The Balaban J connectivity index is -0.000000105. The van der Waals surface area contributed by atoms with E-state index in [0.29, 0.717) is 25.7 Å². The van der Waals surface area contributed by atoms with Crippen LogP contribution >= 0.6 is 0 Å². The predicted octanol–water partition coefficient (Wildman–Crippen LogP) is 2.12. The summed E-state index contributed by atoms with van der Waals surface area (Å²) in [5.41, 5.74) is 0. The van der Waals surface area contributed by atoms with Crippen molar-refractivity contribution >= 4 is 0 Å². The van der Waals surface area contributed by atoms with E-state index in [0.717, 1.165) is 51.4 Å². The number of aliphatic hydroxyl groups is 8. The SMILES string of the molecule is CCCC(O)CCO.CCCC(O)CCO.CCCC(O)CCO.CCCC(O)CCO.[Ti]. The fraction of sp³-hybridized carbons (Fsp3) is 1.00. The predicted molar refractivity (Wildman–Crippen MR) is 130 cm³/mol. The van der Waals surface area contributed by atoms with Crippen LogP contribution in [0.2, 0.25) is 0 Å². The second-order valence-corrected chi connectivity index (χ2v) is 7.82. The molecule has 0 aliphatic carbocycles. The smallest absolute Gasteiger partial charge is 0.0562 e. The zero-order valence-electron chi connectivity index (χ0n) is 21.7. The molecule has 0 spiro atoms. The van der Waals surface area contributed by atoms with Crippen LogP contribution in [-0.2, 0) is 21.7 Å². The van der Waals surface area contributed by atoms with E-state index in [1.807, 2.05) is 27.7 Å². The van der Waals surface area contributed by atoms with Gasteiger partial charge in [-0.2, -0.15) is 0 Å². The first kappa shape index (κ1) is 43.5. The first-order chi connectivity index (χ1) is 15.2. The second-order valence-electron chi connectivity index (χ2n) is 7.82. The maximum Gasteiger partial charge on any atom is 0.0562 e. The molecular formula is C24H56O8Ti. The summed E-state index contributed by atoms with van der Waals surface area (Å²) in [4.78, 5) is 0. The Morgan fingerprint density at radius 1 is 0.364 bits per heavy atom. The molecule has 0 aliphatic rings. The minimum atomic E-state index is -0.287. The first-order valence-electron chi connectivity index (χ1n) is 12.4. The van der Waals surface area contributed by atoms with Crippen molar-refractivity contribution in [3.05, 3.63) is 0 Å². The third kappa shape index (κ3) is 50.3. The molecule has 0 aromatic rings. The number of rotatable bonds is 16. The number of hydrogen-bond acceptors (Lipinski definition) is 8. The maximum atomic E-state index is 8.89. The van der Waals surface area contributed by atoms with Crippen LogP contribution in [0.1, 0.15) is 105 Å². The van der Waals surface area contributed by atoms with Gasteiger partial charge in [0.1, 0.15) is 0 Å². The molecule has 4 unspecified atom stereocenters. The van der Waals surface area contributed by atoms with Gasteiger partial charge in [0, 0.05) is 48.1 Å². The largest absolute Gasteiger partial charge is 0.396 e. The molecular weight excluding hydrogens is 464 g/mol. The second kappa shape index (κ2) is 39.6. The van der Waals surface area contributed by atoms with Crippen LogP contribution in [0, 0.1) is 0 Å². The van der Waals surface area contributed by atoms with Gasteiger partial charge in [-0.1, -0.05) is 53.4 Å². The Morgan fingerprint density at radius 2 is 0.515 bits per heavy atom. The molecule has 9 heteroatoms. The van der Waals surface area contributed by atoms with Crippen LogP contribution in [0.25, 0.3) is 0 Å². The molecule has 0 bridgehead atoms. The summed E-state index contributed by atoms with van der Waals surface area (Å²) in [7, 11) is 0. The summed E-state index contributed by atoms with van der Waals surface area (Å²) in [5.74, 6) is 0. The third-order valence-corrected chi connectivity index (χ3v) is 4.34. The molecule has 0 saturated heterocycles. The van der Waals surface area contributed by atoms with Crippen LogP contribution in [0.5, 0.6) is 0 Å². The van der Waals surface area contributed by atoms with Crippen molar-refractivity contribution in [1.29, 1.82) is 0 Å². The van der Waals surface area contributed by atoms with Crippen molar-refractivity contribution < 1.29 is 62.6 Å². The molecule has 0 rings (SSSR count). The average Bonchev–Trinajstić information content (AvgIpc) is 2.71. The van der Waals surface area contributed by atoms with Gasteiger partial charge >= 0.3 is 0 Å². The Hall–Kier alpha value is 0.394. The van der Waals surface area contributed by atoms with E-state index in [2.05, 4.69) is 0 Å². The van der Waals surface area contributed by atoms with E-state index in [1.54, 1.807) is 0 Å². The van der Waals surface area contributed by atoms with Gasteiger partial charge in [0.05, 0.1) is 24.4 Å². The zero-order chi connectivity index (χ0) is 25.6. The molecule has 8 N–H and O–H groups in total. The first-order valence-corrected chi connectivity index (χ1v) is 12.4. The standard InChI is InChI=1S/4C6H14O2.Ti/c4*1-2-3-6(8)4-5-7;/h4*6-8H,2-5H2,1H3;. The van der Waals surface area contributed by atoms with Crippen LogP contribution in [0.15, 0.2) is 0 Å². The Kier molecular flexibility index (Phi) is 52.2. The van der Waals surface area contributed by atoms with E-state index in [1.165, 1.54) is 0 Å².